The molecule has 0 N–H and O–H groups in total. The van der Waals surface area contributed by atoms with Gasteiger partial charge in [-0.2, -0.15) is 0 Å². The van der Waals surface area contributed by atoms with E-state index in [1.807, 2.05) is 30.3 Å². The van der Waals surface area contributed by atoms with Crippen LogP contribution in [0, 0.1) is 0 Å². The molecule has 0 heterocycles. The maximum Gasteiger partial charge on any atom is 0.336 e. The van der Waals surface area contributed by atoms with E-state index in [2.05, 4.69) is 0 Å². The van der Waals surface area contributed by atoms with Crippen LogP contribution in [0.3, 0.4) is 0 Å². The summed E-state index contributed by atoms with van der Waals surface area (Å²) in [4.78, 5) is 11.6. The van der Waals surface area contributed by atoms with Crippen LogP contribution < -0.4 is 0 Å². The summed E-state index contributed by atoms with van der Waals surface area (Å²) < 4.78 is 9.92. The van der Waals surface area contributed by atoms with Crippen LogP contribution in [0.2, 0.25) is 0 Å². The maximum atomic E-state index is 11.6. The summed E-state index contributed by atoms with van der Waals surface area (Å²) >= 11 is 0. The minimum atomic E-state index is -0.326. The van der Waals surface area contributed by atoms with Crippen LogP contribution in [0.5, 0.6) is 0 Å². The topological polar surface area (TPSA) is 35.5 Å². The molecule has 0 radical (unpaired) electrons. The van der Waals surface area contributed by atoms with E-state index in [1.165, 1.54) is 0 Å². The van der Waals surface area contributed by atoms with Gasteiger partial charge in [0.2, 0.25) is 0 Å². The summed E-state index contributed by atoms with van der Waals surface area (Å²) in [5.74, 6) is -0.326. The van der Waals surface area contributed by atoms with Gasteiger partial charge in [-0.25, -0.2) is 4.79 Å². The highest BCUT2D eigenvalue weighted by Crippen LogP contribution is 2.08. The number of hydrogen-bond acceptors (Lipinski definition) is 3. The lowest BCUT2D eigenvalue weighted by Gasteiger charge is -2.05. The first-order valence-electron chi connectivity index (χ1n) is 5.19. The van der Waals surface area contributed by atoms with E-state index in [9.17, 15) is 4.79 Å². The number of esters is 1. The standard InChI is InChI=1S/C13H16O3/c1-3-16-13(14)12(10-15-2)9-11-7-5-4-6-8-11/h4-9H,3,10H2,1-2H3. The third-order valence-corrected chi connectivity index (χ3v) is 1.98. The van der Waals surface area contributed by atoms with Crippen LogP contribution in [0.4, 0.5) is 0 Å². The molecule has 0 amide bonds. The molecular formula is C13H16O3. The minimum absolute atomic E-state index is 0.258. The van der Waals surface area contributed by atoms with Gasteiger partial charge in [-0.05, 0) is 18.6 Å². The molecule has 3 heteroatoms. The third kappa shape index (κ3) is 3.87. The molecule has 0 fully saturated rings. The van der Waals surface area contributed by atoms with Crippen molar-refractivity contribution >= 4 is 12.0 Å². The number of benzene rings is 1. The van der Waals surface area contributed by atoms with Crippen LogP contribution in [-0.4, -0.2) is 26.3 Å². The van der Waals surface area contributed by atoms with E-state index in [0.29, 0.717) is 12.2 Å². The van der Waals surface area contributed by atoms with E-state index in [-0.39, 0.29) is 12.6 Å². The van der Waals surface area contributed by atoms with Crippen molar-refractivity contribution in [3.8, 4) is 0 Å². The number of carbonyl (C=O) groups excluding carboxylic acids is 1. The molecule has 1 rings (SSSR count). The molecule has 1 aromatic carbocycles. The average molecular weight is 220 g/mol. The third-order valence-electron chi connectivity index (χ3n) is 1.98. The van der Waals surface area contributed by atoms with Gasteiger partial charge >= 0.3 is 5.97 Å². The fraction of sp³-hybridized carbons (Fsp3) is 0.308. The Morgan fingerprint density at radius 3 is 2.56 bits per heavy atom. The molecule has 16 heavy (non-hydrogen) atoms. The Hall–Kier alpha value is -1.61. The monoisotopic (exact) mass is 220 g/mol. The number of ether oxygens (including phenoxy) is 2. The molecule has 0 aliphatic rings. The Kier molecular flexibility index (Phi) is 5.29. The highest BCUT2D eigenvalue weighted by molar-refractivity contribution is 5.93. The minimum Gasteiger partial charge on any atom is -0.463 e. The second-order valence-electron chi connectivity index (χ2n) is 3.23. The smallest absolute Gasteiger partial charge is 0.336 e. The van der Waals surface area contributed by atoms with Crippen molar-refractivity contribution in [3.05, 3.63) is 41.5 Å². The van der Waals surface area contributed by atoms with Crippen molar-refractivity contribution in [2.45, 2.75) is 6.92 Å². The molecular weight excluding hydrogens is 204 g/mol. The van der Waals surface area contributed by atoms with Gasteiger partial charge in [0.25, 0.3) is 0 Å². The molecule has 0 aliphatic carbocycles. The second-order valence-corrected chi connectivity index (χ2v) is 3.23. The van der Waals surface area contributed by atoms with E-state index in [1.54, 1.807) is 20.1 Å². The van der Waals surface area contributed by atoms with Crippen LogP contribution in [0.25, 0.3) is 6.08 Å². The first-order chi connectivity index (χ1) is 7.77. The van der Waals surface area contributed by atoms with E-state index in [4.69, 9.17) is 9.47 Å². The van der Waals surface area contributed by atoms with Gasteiger partial charge in [0.05, 0.1) is 18.8 Å². The predicted octanol–water partition coefficient (Wildman–Crippen LogP) is 2.28. The maximum absolute atomic E-state index is 11.6. The van der Waals surface area contributed by atoms with E-state index >= 15 is 0 Å². The van der Waals surface area contributed by atoms with Crippen molar-refractivity contribution in [1.29, 1.82) is 0 Å². The van der Waals surface area contributed by atoms with Crippen molar-refractivity contribution in [1.82, 2.24) is 0 Å². The van der Waals surface area contributed by atoms with Crippen molar-refractivity contribution in [3.63, 3.8) is 0 Å². The summed E-state index contributed by atoms with van der Waals surface area (Å²) in [5.41, 5.74) is 1.48. The number of hydrogen-bond donors (Lipinski definition) is 0. The highest BCUT2D eigenvalue weighted by Gasteiger charge is 2.09. The van der Waals surface area contributed by atoms with Gasteiger partial charge < -0.3 is 9.47 Å². The van der Waals surface area contributed by atoms with Gasteiger partial charge in [-0.3, -0.25) is 0 Å². The Morgan fingerprint density at radius 2 is 2.00 bits per heavy atom. The molecule has 3 nitrogen and oxygen atoms in total. The molecule has 0 aromatic heterocycles. The van der Waals surface area contributed by atoms with Crippen molar-refractivity contribution in [2.24, 2.45) is 0 Å². The first-order valence-corrected chi connectivity index (χ1v) is 5.19. The zero-order valence-electron chi connectivity index (χ0n) is 9.60. The zero-order chi connectivity index (χ0) is 11.8. The molecule has 86 valence electrons. The quantitative estimate of drug-likeness (QED) is 0.564. The normalized spacial score (nSPS) is 11.2. The fourth-order valence-corrected chi connectivity index (χ4v) is 1.29. The van der Waals surface area contributed by atoms with Gasteiger partial charge in [0.1, 0.15) is 0 Å². The largest absolute Gasteiger partial charge is 0.463 e. The molecule has 0 atom stereocenters. The Labute approximate surface area is 95.7 Å². The van der Waals surface area contributed by atoms with Crippen LogP contribution in [-0.2, 0) is 14.3 Å². The SMILES string of the molecule is CCOC(=O)C(=Cc1ccccc1)COC. The molecule has 0 unspecified atom stereocenters. The van der Waals surface area contributed by atoms with Gasteiger partial charge in [-0.1, -0.05) is 30.3 Å². The molecule has 0 bridgehead atoms. The lowest BCUT2D eigenvalue weighted by atomic mass is 10.1. The fourth-order valence-electron chi connectivity index (χ4n) is 1.29. The lowest BCUT2D eigenvalue weighted by molar-refractivity contribution is -0.139. The predicted molar refractivity (Wildman–Crippen MR) is 62.9 cm³/mol. The summed E-state index contributed by atoms with van der Waals surface area (Å²) in [5, 5.41) is 0. The summed E-state index contributed by atoms with van der Waals surface area (Å²) in [6.07, 6.45) is 1.78. The summed E-state index contributed by atoms with van der Waals surface area (Å²) in [6, 6.07) is 9.62. The number of rotatable bonds is 5. The van der Waals surface area contributed by atoms with Gasteiger partial charge in [0, 0.05) is 7.11 Å². The Balaban J connectivity index is 2.84. The van der Waals surface area contributed by atoms with Crippen LogP contribution in [0.1, 0.15) is 12.5 Å². The second kappa shape index (κ2) is 6.80. The van der Waals surface area contributed by atoms with E-state index < -0.39 is 0 Å². The van der Waals surface area contributed by atoms with Crippen molar-refractivity contribution < 1.29 is 14.3 Å². The molecule has 0 aliphatic heterocycles. The molecule has 1 aromatic rings. The first kappa shape index (κ1) is 12.5. The molecule has 0 saturated carbocycles. The molecule has 0 spiro atoms. The van der Waals surface area contributed by atoms with Crippen LogP contribution in [0.15, 0.2) is 35.9 Å². The Bertz CT molecular complexity index is 355. The summed E-state index contributed by atoms with van der Waals surface area (Å²) in [7, 11) is 1.55. The number of methoxy groups -OCH3 is 1. The van der Waals surface area contributed by atoms with Gasteiger partial charge in [-0.15, -0.1) is 0 Å². The number of carbonyl (C=O) groups is 1. The Morgan fingerprint density at radius 1 is 1.31 bits per heavy atom. The zero-order valence-corrected chi connectivity index (χ0v) is 9.60. The van der Waals surface area contributed by atoms with E-state index in [0.717, 1.165) is 5.56 Å². The van der Waals surface area contributed by atoms with Gasteiger partial charge in [0.15, 0.2) is 0 Å². The highest BCUT2D eigenvalue weighted by atomic mass is 16.5. The van der Waals surface area contributed by atoms with Crippen molar-refractivity contribution in [2.75, 3.05) is 20.3 Å². The lowest BCUT2D eigenvalue weighted by Crippen LogP contribution is -2.11. The average Bonchev–Trinajstić information content (AvgIpc) is 2.30. The summed E-state index contributed by atoms with van der Waals surface area (Å²) in [6.45, 7) is 2.41. The van der Waals surface area contributed by atoms with Crippen LogP contribution >= 0.6 is 0 Å². The molecule has 0 saturated heterocycles.